The number of H-pyrrole nitrogens is 1. The van der Waals surface area contributed by atoms with E-state index in [1.54, 1.807) is 22.9 Å². The molecule has 0 radical (unpaired) electrons. The molecule has 0 spiro atoms. The Kier molecular flexibility index (Phi) is 1.95. The normalized spacial score (nSPS) is 11.2. The minimum atomic E-state index is 0.227. The Bertz CT molecular complexity index is 676. The molecule has 3 rings (SSSR count). The van der Waals surface area contributed by atoms with Gasteiger partial charge < -0.3 is 10.1 Å². The SMILES string of the molecule is Cc1cc(-c2nc3ccc(O)cc3[nH]2)nn1C. The molecular weight excluding hydrogens is 216 g/mol. The van der Waals surface area contributed by atoms with E-state index in [0.29, 0.717) is 5.82 Å². The molecule has 0 saturated carbocycles. The van der Waals surface area contributed by atoms with E-state index < -0.39 is 0 Å². The second kappa shape index (κ2) is 3.35. The first-order valence-electron chi connectivity index (χ1n) is 5.33. The van der Waals surface area contributed by atoms with Gasteiger partial charge in [-0.1, -0.05) is 0 Å². The van der Waals surface area contributed by atoms with E-state index >= 15 is 0 Å². The van der Waals surface area contributed by atoms with Crippen LogP contribution in [0.3, 0.4) is 0 Å². The third-order valence-corrected chi connectivity index (χ3v) is 2.82. The number of aromatic hydroxyl groups is 1. The lowest BCUT2D eigenvalue weighted by atomic mass is 10.3. The summed E-state index contributed by atoms with van der Waals surface area (Å²) in [5.74, 6) is 0.944. The van der Waals surface area contributed by atoms with Gasteiger partial charge in [-0.3, -0.25) is 4.68 Å². The Hall–Kier alpha value is -2.30. The Morgan fingerprint density at radius 1 is 1.29 bits per heavy atom. The van der Waals surface area contributed by atoms with E-state index in [1.165, 1.54) is 0 Å². The molecule has 2 aromatic heterocycles. The highest BCUT2D eigenvalue weighted by atomic mass is 16.3. The van der Waals surface area contributed by atoms with E-state index in [9.17, 15) is 5.11 Å². The van der Waals surface area contributed by atoms with Crippen molar-refractivity contribution in [2.75, 3.05) is 0 Å². The number of phenols is 1. The van der Waals surface area contributed by atoms with Crippen LogP contribution < -0.4 is 0 Å². The molecule has 0 unspecified atom stereocenters. The number of hydrogen-bond acceptors (Lipinski definition) is 3. The van der Waals surface area contributed by atoms with Crippen LogP contribution in [0, 0.1) is 6.92 Å². The number of rotatable bonds is 1. The van der Waals surface area contributed by atoms with Gasteiger partial charge in [0.05, 0.1) is 11.0 Å². The Morgan fingerprint density at radius 2 is 2.12 bits per heavy atom. The molecule has 5 nitrogen and oxygen atoms in total. The predicted molar refractivity (Wildman–Crippen MR) is 64.7 cm³/mol. The summed E-state index contributed by atoms with van der Waals surface area (Å²) in [6.07, 6.45) is 0. The molecule has 2 N–H and O–H groups in total. The zero-order valence-corrected chi connectivity index (χ0v) is 9.60. The minimum absolute atomic E-state index is 0.227. The number of benzene rings is 1. The van der Waals surface area contributed by atoms with Gasteiger partial charge in [0.25, 0.3) is 0 Å². The summed E-state index contributed by atoms with van der Waals surface area (Å²) in [6, 6.07) is 7.02. The number of aromatic amines is 1. The molecule has 0 fully saturated rings. The second-order valence-electron chi connectivity index (χ2n) is 4.08. The highest BCUT2D eigenvalue weighted by Crippen LogP contribution is 2.22. The van der Waals surface area contributed by atoms with Crippen LogP contribution in [0.1, 0.15) is 5.69 Å². The molecular formula is C12H12N4O. The maximum Gasteiger partial charge on any atom is 0.159 e. The molecule has 5 heteroatoms. The largest absolute Gasteiger partial charge is 0.508 e. The second-order valence-corrected chi connectivity index (χ2v) is 4.08. The van der Waals surface area contributed by atoms with Gasteiger partial charge in [-0.2, -0.15) is 5.10 Å². The first kappa shape index (κ1) is 9.89. The lowest BCUT2D eigenvalue weighted by molar-refractivity contribution is 0.476. The number of phenolic OH excluding ortho intramolecular Hbond substituents is 1. The number of nitrogens with one attached hydrogen (secondary N) is 1. The average Bonchev–Trinajstić information content (AvgIpc) is 2.83. The Morgan fingerprint density at radius 3 is 2.82 bits per heavy atom. The number of aromatic nitrogens is 4. The van der Waals surface area contributed by atoms with Crippen molar-refractivity contribution in [1.82, 2.24) is 19.7 Å². The number of aryl methyl sites for hydroxylation is 2. The maximum atomic E-state index is 9.39. The fourth-order valence-corrected chi connectivity index (χ4v) is 1.80. The quantitative estimate of drug-likeness (QED) is 0.669. The highest BCUT2D eigenvalue weighted by Gasteiger charge is 2.09. The van der Waals surface area contributed by atoms with Gasteiger partial charge in [-0.05, 0) is 25.1 Å². The monoisotopic (exact) mass is 228 g/mol. The van der Waals surface area contributed by atoms with Crippen LogP contribution >= 0.6 is 0 Å². The molecule has 0 aliphatic heterocycles. The fraction of sp³-hybridized carbons (Fsp3) is 0.167. The number of nitrogens with zero attached hydrogens (tertiary/aromatic N) is 3. The fourth-order valence-electron chi connectivity index (χ4n) is 1.80. The Balaban J connectivity index is 2.17. The van der Waals surface area contributed by atoms with Gasteiger partial charge in [0.1, 0.15) is 11.4 Å². The summed E-state index contributed by atoms with van der Waals surface area (Å²) in [4.78, 5) is 7.58. The Labute approximate surface area is 97.7 Å². The van der Waals surface area contributed by atoms with Crippen LogP contribution in [0.2, 0.25) is 0 Å². The minimum Gasteiger partial charge on any atom is -0.508 e. The highest BCUT2D eigenvalue weighted by molar-refractivity contribution is 5.80. The van der Waals surface area contributed by atoms with Gasteiger partial charge in [-0.25, -0.2) is 4.98 Å². The summed E-state index contributed by atoms with van der Waals surface area (Å²) in [7, 11) is 1.90. The zero-order valence-electron chi connectivity index (χ0n) is 9.60. The summed E-state index contributed by atoms with van der Waals surface area (Å²) in [5, 5.41) is 13.7. The topological polar surface area (TPSA) is 66.7 Å². The van der Waals surface area contributed by atoms with Crippen LogP contribution in [0.15, 0.2) is 24.3 Å². The molecule has 0 bridgehead atoms. The summed E-state index contributed by atoms with van der Waals surface area (Å²) in [6.45, 7) is 1.99. The smallest absolute Gasteiger partial charge is 0.159 e. The molecule has 3 aromatic rings. The first-order chi connectivity index (χ1) is 8.13. The van der Waals surface area contributed by atoms with Crippen molar-refractivity contribution in [1.29, 1.82) is 0 Å². The third kappa shape index (κ3) is 1.56. The zero-order chi connectivity index (χ0) is 12.0. The van der Waals surface area contributed by atoms with E-state index in [0.717, 1.165) is 22.4 Å². The van der Waals surface area contributed by atoms with E-state index in [1.807, 2.05) is 20.0 Å². The predicted octanol–water partition coefficient (Wildman–Crippen LogP) is 1.98. The first-order valence-corrected chi connectivity index (χ1v) is 5.33. The molecule has 0 aliphatic rings. The number of hydrogen-bond donors (Lipinski definition) is 2. The van der Waals surface area contributed by atoms with Crippen molar-refractivity contribution in [2.24, 2.45) is 7.05 Å². The molecule has 1 aromatic carbocycles. The van der Waals surface area contributed by atoms with Gasteiger partial charge in [0.15, 0.2) is 5.82 Å². The average molecular weight is 228 g/mol. The number of fused-ring (bicyclic) bond motifs is 1. The maximum absolute atomic E-state index is 9.39. The van der Waals surface area contributed by atoms with Crippen LogP contribution in [0.25, 0.3) is 22.6 Å². The standard InChI is InChI=1S/C12H12N4O/c1-7-5-11(15-16(7)2)12-13-9-4-3-8(17)6-10(9)14-12/h3-6,17H,1-2H3,(H,13,14). The molecule has 86 valence electrons. The number of imidazole rings is 1. The summed E-state index contributed by atoms with van der Waals surface area (Å²) < 4.78 is 1.81. The van der Waals surface area contributed by atoms with Crippen LogP contribution in [-0.2, 0) is 7.05 Å². The van der Waals surface area contributed by atoms with E-state index in [-0.39, 0.29) is 5.75 Å². The van der Waals surface area contributed by atoms with Crippen molar-refractivity contribution in [3.8, 4) is 17.3 Å². The van der Waals surface area contributed by atoms with Crippen molar-refractivity contribution in [2.45, 2.75) is 6.92 Å². The molecule has 0 atom stereocenters. The van der Waals surface area contributed by atoms with Crippen molar-refractivity contribution < 1.29 is 5.11 Å². The lowest BCUT2D eigenvalue weighted by Gasteiger charge is -1.89. The summed E-state index contributed by atoms with van der Waals surface area (Å²) in [5.41, 5.74) is 3.51. The van der Waals surface area contributed by atoms with Crippen molar-refractivity contribution in [3.05, 3.63) is 30.0 Å². The van der Waals surface area contributed by atoms with Crippen molar-refractivity contribution in [3.63, 3.8) is 0 Å². The van der Waals surface area contributed by atoms with Crippen molar-refractivity contribution >= 4 is 11.0 Å². The van der Waals surface area contributed by atoms with E-state index in [4.69, 9.17) is 0 Å². The third-order valence-electron chi connectivity index (χ3n) is 2.82. The summed E-state index contributed by atoms with van der Waals surface area (Å²) >= 11 is 0. The van der Waals surface area contributed by atoms with Gasteiger partial charge >= 0.3 is 0 Å². The molecule has 2 heterocycles. The molecule has 0 saturated heterocycles. The lowest BCUT2D eigenvalue weighted by Crippen LogP contribution is -1.92. The van der Waals surface area contributed by atoms with Crippen LogP contribution in [0.4, 0.5) is 0 Å². The van der Waals surface area contributed by atoms with E-state index in [2.05, 4.69) is 15.1 Å². The van der Waals surface area contributed by atoms with Gasteiger partial charge in [-0.15, -0.1) is 0 Å². The van der Waals surface area contributed by atoms with Crippen LogP contribution in [0.5, 0.6) is 5.75 Å². The molecule has 17 heavy (non-hydrogen) atoms. The van der Waals surface area contributed by atoms with Crippen LogP contribution in [-0.4, -0.2) is 24.9 Å². The molecule has 0 aliphatic carbocycles. The molecule has 0 amide bonds. The van der Waals surface area contributed by atoms with Gasteiger partial charge in [0.2, 0.25) is 0 Å². The van der Waals surface area contributed by atoms with Gasteiger partial charge in [0, 0.05) is 18.8 Å².